The second-order valence-electron chi connectivity index (χ2n) is 5.14. The average Bonchev–Trinajstić information content (AvgIpc) is 2.61. The Balaban J connectivity index is 2.06. The van der Waals surface area contributed by atoms with Crippen molar-refractivity contribution in [3.05, 3.63) is 58.1 Å². The van der Waals surface area contributed by atoms with Crippen molar-refractivity contribution in [2.45, 2.75) is 6.92 Å². The molecule has 0 aromatic heterocycles. The molecular weight excluding hydrogens is 384 g/mol. The van der Waals surface area contributed by atoms with Crippen LogP contribution >= 0.6 is 15.9 Å². The molecule has 0 atom stereocenters. The molecule has 0 heterocycles. The van der Waals surface area contributed by atoms with Crippen molar-refractivity contribution in [1.29, 1.82) is 5.26 Å². The number of anilines is 1. The quantitative estimate of drug-likeness (QED) is 0.732. The summed E-state index contributed by atoms with van der Waals surface area (Å²) < 4.78 is 11.4. The van der Waals surface area contributed by atoms with Crippen molar-refractivity contribution in [3.8, 4) is 17.6 Å². The molecule has 0 radical (unpaired) electrons. The van der Waals surface area contributed by atoms with Crippen LogP contribution in [0.1, 0.15) is 11.1 Å². The van der Waals surface area contributed by atoms with E-state index >= 15 is 0 Å². The average molecular weight is 401 g/mol. The summed E-state index contributed by atoms with van der Waals surface area (Å²) >= 11 is 3.44. The van der Waals surface area contributed by atoms with E-state index in [0.29, 0.717) is 17.2 Å². The lowest BCUT2D eigenvalue weighted by molar-refractivity contribution is -0.111. The number of rotatable bonds is 6. The van der Waals surface area contributed by atoms with Gasteiger partial charge < -0.3 is 14.8 Å². The van der Waals surface area contributed by atoms with Crippen LogP contribution in [0.25, 0.3) is 6.08 Å². The van der Waals surface area contributed by atoms with E-state index in [1.807, 2.05) is 31.2 Å². The zero-order valence-electron chi connectivity index (χ0n) is 13.9. The zero-order chi connectivity index (χ0) is 18.2. The first-order chi connectivity index (χ1) is 12.0. The number of nitriles is 1. The number of nitrogens with one attached hydrogen (secondary N) is 1. The smallest absolute Gasteiger partial charge is 0.248 e. The van der Waals surface area contributed by atoms with Crippen molar-refractivity contribution in [2.24, 2.45) is 0 Å². The molecule has 0 aliphatic rings. The van der Waals surface area contributed by atoms with Crippen LogP contribution in [-0.2, 0) is 4.79 Å². The minimum Gasteiger partial charge on any atom is -0.493 e. The normalized spacial score (nSPS) is 10.3. The van der Waals surface area contributed by atoms with Gasteiger partial charge in [-0.3, -0.25) is 4.79 Å². The molecule has 0 spiro atoms. The molecule has 0 aliphatic heterocycles. The molecule has 5 nitrogen and oxygen atoms in total. The highest BCUT2D eigenvalue weighted by Crippen LogP contribution is 2.28. The molecule has 2 rings (SSSR count). The van der Waals surface area contributed by atoms with Crippen LogP contribution in [0.4, 0.5) is 5.69 Å². The number of hydrogen-bond acceptors (Lipinski definition) is 4. The van der Waals surface area contributed by atoms with Crippen LogP contribution in [0, 0.1) is 18.3 Å². The summed E-state index contributed by atoms with van der Waals surface area (Å²) in [7, 11) is 1.52. The second kappa shape index (κ2) is 8.90. The SMILES string of the molecule is COc1cc(/C=C/C(=O)Nc2ccc(C)c(Br)c2)ccc1OCC#N. The summed E-state index contributed by atoms with van der Waals surface area (Å²) in [6.45, 7) is 1.92. The van der Waals surface area contributed by atoms with E-state index in [1.165, 1.54) is 13.2 Å². The van der Waals surface area contributed by atoms with Crippen LogP contribution in [0.15, 0.2) is 46.9 Å². The van der Waals surface area contributed by atoms with E-state index in [4.69, 9.17) is 14.7 Å². The Morgan fingerprint density at radius 3 is 2.76 bits per heavy atom. The van der Waals surface area contributed by atoms with E-state index in [0.717, 1.165) is 15.6 Å². The summed E-state index contributed by atoms with van der Waals surface area (Å²) in [6, 6.07) is 12.7. The van der Waals surface area contributed by atoms with Gasteiger partial charge in [0.25, 0.3) is 0 Å². The van der Waals surface area contributed by atoms with Gasteiger partial charge in [-0.2, -0.15) is 5.26 Å². The number of carbonyl (C=O) groups excluding carboxylic acids is 1. The van der Waals surface area contributed by atoms with E-state index in [9.17, 15) is 4.79 Å². The number of ether oxygens (including phenoxy) is 2. The van der Waals surface area contributed by atoms with Gasteiger partial charge in [0.2, 0.25) is 5.91 Å². The second-order valence-corrected chi connectivity index (χ2v) is 6.00. The van der Waals surface area contributed by atoms with Crippen molar-refractivity contribution < 1.29 is 14.3 Å². The Labute approximate surface area is 155 Å². The van der Waals surface area contributed by atoms with Crippen LogP contribution in [0.5, 0.6) is 11.5 Å². The van der Waals surface area contributed by atoms with Crippen molar-refractivity contribution >= 4 is 33.6 Å². The molecule has 128 valence electrons. The van der Waals surface area contributed by atoms with Gasteiger partial charge in [0.15, 0.2) is 18.1 Å². The van der Waals surface area contributed by atoms with Gasteiger partial charge in [-0.1, -0.05) is 28.1 Å². The highest BCUT2D eigenvalue weighted by atomic mass is 79.9. The molecule has 6 heteroatoms. The first-order valence-corrected chi connectivity index (χ1v) is 8.26. The Bertz CT molecular complexity index is 841. The molecule has 1 N–H and O–H groups in total. The molecule has 1 amide bonds. The van der Waals surface area contributed by atoms with Gasteiger partial charge in [0.1, 0.15) is 6.07 Å². The fourth-order valence-electron chi connectivity index (χ4n) is 2.04. The summed E-state index contributed by atoms with van der Waals surface area (Å²) in [5, 5.41) is 11.4. The van der Waals surface area contributed by atoms with Gasteiger partial charge in [-0.25, -0.2) is 0 Å². The van der Waals surface area contributed by atoms with E-state index in [-0.39, 0.29) is 12.5 Å². The van der Waals surface area contributed by atoms with Crippen LogP contribution in [0.2, 0.25) is 0 Å². The molecule has 0 saturated heterocycles. The summed E-state index contributed by atoms with van der Waals surface area (Å²) in [6.07, 6.45) is 3.12. The van der Waals surface area contributed by atoms with Gasteiger partial charge in [-0.15, -0.1) is 0 Å². The largest absolute Gasteiger partial charge is 0.493 e. The first-order valence-electron chi connectivity index (χ1n) is 7.46. The van der Waals surface area contributed by atoms with Crippen molar-refractivity contribution in [3.63, 3.8) is 0 Å². The third-order valence-electron chi connectivity index (χ3n) is 3.35. The third kappa shape index (κ3) is 5.37. The Morgan fingerprint density at radius 1 is 1.28 bits per heavy atom. The highest BCUT2D eigenvalue weighted by Gasteiger charge is 2.05. The lowest BCUT2D eigenvalue weighted by atomic mass is 10.2. The summed E-state index contributed by atoms with van der Waals surface area (Å²) in [5.41, 5.74) is 2.59. The molecule has 2 aromatic rings. The molecule has 0 saturated carbocycles. The van der Waals surface area contributed by atoms with Gasteiger partial charge >= 0.3 is 0 Å². The molecule has 0 fully saturated rings. The predicted molar refractivity (Wildman–Crippen MR) is 101 cm³/mol. The Kier molecular flexibility index (Phi) is 6.61. The van der Waals surface area contributed by atoms with Crippen LogP contribution in [-0.4, -0.2) is 19.6 Å². The molecule has 2 aromatic carbocycles. The number of nitrogens with zero attached hydrogens (tertiary/aromatic N) is 1. The zero-order valence-corrected chi connectivity index (χ0v) is 15.5. The molecule has 0 unspecified atom stereocenters. The number of carbonyl (C=O) groups is 1. The maximum Gasteiger partial charge on any atom is 0.248 e. The molecular formula is C19H17BrN2O3. The molecule has 25 heavy (non-hydrogen) atoms. The van der Waals surface area contributed by atoms with E-state index in [1.54, 1.807) is 24.3 Å². The number of hydrogen-bond donors (Lipinski definition) is 1. The lowest BCUT2D eigenvalue weighted by Crippen LogP contribution is -2.07. The Morgan fingerprint density at radius 2 is 2.08 bits per heavy atom. The number of methoxy groups -OCH3 is 1. The van der Waals surface area contributed by atoms with Gasteiger partial charge in [0.05, 0.1) is 7.11 Å². The third-order valence-corrected chi connectivity index (χ3v) is 4.20. The van der Waals surface area contributed by atoms with Gasteiger partial charge in [0, 0.05) is 16.2 Å². The highest BCUT2D eigenvalue weighted by molar-refractivity contribution is 9.10. The number of amides is 1. The van der Waals surface area contributed by atoms with Crippen LogP contribution < -0.4 is 14.8 Å². The molecule has 0 aliphatic carbocycles. The maximum absolute atomic E-state index is 12.0. The number of benzene rings is 2. The van der Waals surface area contributed by atoms with Crippen molar-refractivity contribution in [2.75, 3.05) is 19.0 Å². The van der Waals surface area contributed by atoms with Gasteiger partial charge in [-0.05, 0) is 48.4 Å². The topological polar surface area (TPSA) is 71.3 Å². The minimum absolute atomic E-state index is 0.0555. The minimum atomic E-state index is -0.237. The first kappa shape index (κ1) is 18.6. The number of aryl methyl sites for hydroxylation is 1. The fourth-order valence-corrected chi connectivity index (χ4v) is 2.42. The monoisotopic (exact) mass is 400 g/mol. The Hall–Kier alpha value is -2.78. The summed E-state index contributed by atoms with van der Waals surface area (Å²) in [4.78, 5) is 12.0. The fraction of sp³-hybridized carbons (Fsp3) is 0.158. The maximum atomic E-state index is 12.0. The predicted octanol–water partition coefficient (Wildman–Crippen LogP) is 4.32. The summed E-state index contributed by atoms with van der Waals surface area (Å²) in [5.74, 6) is 0.745. The lowest BCUT2D eigenvalue weighted by Gasteiger charge is -2.09. The number of halogens is 1. The van der Waals surface area contributed by atoms with E-state index < -0.39 is 0 Å². The molecule has 0 bridgehead atoms. The van der Waals surface area contributed by atoms with Crippen molar-refractivity contribution in [1.82, 2.24) is 0 Å². The van der Waals surface area contributed by atoms with Crippen LogP contribution in [0.3, 0.4) is 0 Å². The standard InChI is InChI=1S/C19H17BrN2O3/c1-13-3-6-15(12-16(13)20)22-19(23)8-5-14-4-7-17(25-10-9-21)18(11-14)24-2/h3-8,11-12H,10H2,1-2H3,(H,22,23)/b8-5+. The van der Waals surface area contributed by atoms with E-state index in [2.05, 4.69) is 21.2 Å².